The van der Waals surface area contributed by atoms with Gasteiger partial charge < -0.3 is 10.4 Å². The van der Waals surface area contributed by atoms with E-state index >= 15 is 0 Å². The maximum atomic E-state index is 8.56. The highest BCUT2D eigenvalue weighted by Gasteiger charge is 2.04. The van der Waals surface area contributed by atoms with Crippen molar-refractivity contribution in [2.45, 2.75) is 19.4 Å². The third kappa shape index (κ3) is 2.87. The van der Waals surface area contributed by atoms with E-state index in [4.69, 9.17) is 5.11 Å². The van der Waals surface area contributed by atoms with E-state index in [9.17, 15) is 0 Å². The normalized spacial score (nSPS) is 23.5. The molecule has 0 aromatic carbocycles. The first-order valence-corrected chi connectivity index (χ1v) is 4.02. The maximum absolute atomic E-state index is 8.56. The van der Waals surface area contributed by atoms with Crippen LogP contribution in [0.25, 0.3) is 0 Å². The fourth-order valence-electron chi connectivity index (χ4n) is 1.23. The Morgan fingerprint density at radius 3 is 3.18 bits per heavy atom. The van der Waals surface area contributed by atoms with Gasteiger partial charge in [-0.05, 0) is 13.3 Å². The van der Waals surface area contributed by atoms with E-state index in [1.165, 1.54) is 5.57 Å². The molecule has 2 nitrogen and oxygen atoms in total. The molecule has 11 heavy (non-hydrogen) atoms. The molecule has 62 valence electrons. The lowest BCUT2D eigenvalue weighted by atomic mass is 10.0. The number of hydrogen-bond donors (Lipinski definition) is 2. The lowest BCUT2D eigenvalue weighted by Crippen LogP contribution is -2.30. The van der Waals surface area contributed by atoms with Gasteiger partial charge in [0, 0.05) is 12.6 Å². The summed E-state index contributed by atoms with van der Waals surface area (Å²) in [5.74, 6) is 0. The number of allylic oxidation sites excluding steroid dienone is 2. The van der Waals surface area contributed by atoms with Crippen molar-refractivity contribution in [3.8, 4) is 0 Å². The molecular weight excluding hydrogens is 138 g/mol. The molecule has 2 N–H and O–H groups in total. The zero-order valence-corrected chi connectivity index (χ0v) is 6.88. The van der Waals surface area contributed by atoms with E-state index in [0.29, 0.717) is 12.6 Å². The first-order chi connectivity index (χ1) is 5.33. The van der Waals surface area contributed by atoms with Crippen molar-refractivity contribution < 1.29 is 5.11 Å². The topological polar surface area (TPSA) is 32.3 Å². The average Bonchev–Trinajstić information content (AvgIpc) is 2.01. The molecule has 1 unspecified atom stereocenters. The Labute approximate surface area is 67.6 Å². The molecule has 0 saturated heterocycles. The van der Waals surface area contributed by atoms with Crippen LogP contribution >= 0.6 is 0 Å². The summed E-state index contributed by atoms with van der Waals surface area (Å²) in [4.78, 5) is 0. The smallest absolute Gasteiger partial charge is 0.0556 e. The van der Waals surface area contributed by atoms with Crippen LogP contribution in [0.1, 0.15) is 13.3 Å². The fraction of sp³-hybridized carbons (Fsp3) is 0.556. The Bertz CT molecular complexity index is 172. The lowest BCUT2D eigenvalue weighted by molar-refractivity contribution is 0.288. The van der Waals surface area contributed by atoms with Crippen LogP contribution in [0.4, 0.5) is 0 Å². The fourth-order valence-corrected chi connectivity index (χ4v) is 1.23. The highest BCUT2D eigenvalue weighted by atomic mass is 16.3. The minimum Gasteiger partial charge on any atom is -0.395 e. The van der Waals surface area contributed by atoms with Gasteiger partial charge in [-0.25, -0.2) is 0 Å². The van der Waals surface area contributed by atoms with E-state index in [0.717, 1.165) is 6.42 Å². The van der Waals surface area contributed by atoms with Crippen LogP contribution in [-0.4, -0.2) is 24.3 Å². The predicted molar refractivity (Wildman–Crippen MR) is 46.4 cm³/mol. The van der Waals surface area contributed by atoms with E-state index in [1.54, 1.807) is 0 Å². The van der Waals surface area contributed by atoms with Crippen molar-refractivity contribution in [3.05, 3.63) is 23.8 Å². The molecule has 0 bridgehead atoms. The lowest BCUT2D eigenvalue weighted by Gasteiger charge is -2.15. The second-order valence-corrected chi connectivity index (χ2v) is 2.83. The third-order valence-electron chi connectivity index (χ3n) is 1.75. The Morgan fingerprint density at radius 2 is 2.55 bits per heavy atom. The van der Waals surface area contributed by atoms with Gasteiger partial charge in [0.15, 0.2) is 0 Å². The van der Waals surface area contributed by atoms with Gasteiger partial charge in [-0.15, -0.1) is 0 Å². The second-order valence-electron chi connectivity index (χ2n) is 2.83. The van der Waals surface area contributed by atoms with Gasteiger partial charge in [-0.3, -0.25) is 0 Å². The maximum Gasteiger partial charge on any atom is 0.0556 e. The van der Waals surface area contributed by atoms with Crippen LogP contribution in [-0.2, 0) is 0 Å². The van der Waals surface area contributed by atoms with Gasteiger partial charge in [0.1, 0.15) is 0 Å². The van der Waals surface area contributed by atoms with Gasteiger partial charge in [0.2, 0.25) is 0 Å². The number of nitrogens with one attached hydrogen (secondary N) is 1. The van der Waals surface area contributed by atoms with E-state index in [1.807, 2.05) is 0 Å². The molecule has 0 aliphatic heterocycles. The molecule has 1 aliphatic rings. The summed E-state index contributed by atoms with van der Waals surface area (Å²) in [6.45, 7) is 2.98. The van der Waals surface area contributed by atoms with Gasteiger partial charge in [-0.1, -0.05) is 23.8 Å². The van der Waals surface area contributed by atoms with E-state index in [-0.39, 0.29) is 6.61 Å². The number of aliphatic hydroxyl groups is 1. The monoisotopic (exact) mass is 153 g/mol. The van der Waals surface area contributed by atoms with Crippen LogP contribution < -0.4 is 5.32 Å². The third-order valence-corrected chi connectivity index (χ3v) is 1.75. The molecule has 0 amide bonds. The van der Waals surface area contributed by atoms with Gasteiger partial charge in [0.05, 0.1) is 6.61 Å². The summed E-state index contributed by atoms with van der Waals surface area (Å²) in [7, 11) is 0. The molecule has 1 aliphatic carbocycles. The Morgan fingerprint density at radius 1 is 1.73 bits per heavy atom. The summed E-state index contributed by atoms with van der Waals surface area (Å²) in [5, 5.41) is 11.8. The number of rotatable bonds is 3. The minimum atomic E-state index is 0.215. The zero-order valence-electron chi connectivity index (χ0n) is 6.88. The average molecular weight is 153 g/mol. The SMILES string of the molecule is CC1=CC(NCCO)CC=C1. The first-order valence-electron chi connectivity index (χ1n) is 4.02. The molecule has 0 heterocycles. The van der Waals surface area contributed by atoms with Crippen LogP contribution in [0.2, 0.25) is 0 Å². The zero-order chi connectivity index (χ0) is 8.10. The summed E-state index contributed by atoms with van der Waals surface area (Å²) < 4.78 is 0. The van der Waals surface area contributed by atoms with Crippen molar-refractivity contribution in [1.29, 1.82) is 0 Å². The second kappa shape index (κ2) is 4.31. The summed E-state index contributed by atoms with van der Waals surface area (Å²) in [6.07, 6.45) is 7.51. The Balaban J connectivity index is 2.31. The van der Waals surface area contributed by atoms with Gasteiger partial charge in [-0.2, -0.15) is 0 Å². The Hall–Kier alpha value is -0.600. The molecule has 2 heteroatoms. The largest absolute Gasteiger partial charge is 0.395 e. The molecular formula is C9H15NO. The van der Waals surface area contributed by atoms with Gasteiger partial charge in [0.25, 0.3) is 0 Å². The van der Waals surface area contributed by atoms with Crippen LogP contribution in [0.15, 0.2) is 23.8 Å². The molecule has 1 rings (SSSR count). The van der Waals surface area contributed by atoms with Gasteiger partial charge >= 0.3 is 0 Å². The van der Waals surface area contributed by atoms with Crippen molar-refractivity contribution in [2.75, 3.05) is 13.2 Å². The summed E-state index contributed by atoms with van der Waals surface area (Å²) in [6, 6.07) is 0.423. The van der Waals surface area contributed by atoms with Crippen molar-refractivity contribution in [2.24, 2.45) is 0 Å². The van der Waals surface area contributed by atoms with Crippen molar-refractivity contribution in [1.82, 2.24) is 5.32 Å². The standard InChI is InChI=1S/C9H15NO/c1-8-3-2-4-9(7-8)10-5-6-11/h2-3,7,9-11H,4-6H2,1H3. The van der Waals surface area contributed by atoms with E-state index < -0.39 is 0 Å². The van der Waals surface area contributed by atoms with Crippen molar-refractivity contribution in [3.63, 3.8) is 0 Å². The molecule has 0 radical (unpaired) electrons. The highest BCUT2D eigenvalue weighted by molar-refractivity contribution is 5.23. The molecule has 0 aromatic heterocycles. The highest BCUT2D eigenvalue weighted by Crippen LogP contribution is 2.08. The van der Waals surface area contributed by atoms with Crippen LogP contribution in [0, 0.1) is 0 Å². The van der Waals surface area contributed by atoms with E-state index in [2.05, 4.69) is 30.5 Å². The summed E-state index contributed by atoms with van der Waals surface area (Å²) in [5.41, 5.74) is 1.30. The molecule has 0 saturated carbocycles. The molecule has 0 fully saturated rings. The number of aliphatic hydroxyl groups excluding tert-OH is 1. The number of hydrogen-bond acceptors (Lipinski definition) is 2. The minimum absolute atomic E-state index is 0.215. The molecule has 1 atom stereocenters. The predicted octanol–water partition coefficient (Wildman–Crippen LogP) is 0.843. The quantitative estimate of drug-likeness (QED) is 0.630. The van der Waals surface area contributed by atoms with Crippen molar-refractivity contribution >= 4 is 0 Å². The Kier molecular flexibility index (Phi) is 3.33. The summed E-state index contributed by atoms with van der Waals surface area (Å²) >= 11 is 0. The molecule has 0 aromatic rings. The first kappa shape index (κ1) is 8.50. The molecule has 0 spiro atoms. The van der Waals surface area contributed by atoms with Crippen LogP contribution in [0.3, 0.4) is 0 Å². The van der Waals surface area contributed by atoms with Crippen LogP contribution in [0.5, 0.6) is 0 Å².